The first-order chi connectivity index (χ1) is 8.47. The molecule has 1 amide bonds. The molecule has 0 aliphatic rings. The van der Waals surface area contributed by atoms with Gasteiger partial charge in [-0.1, -0.05) is 19.1 Å². The van der Waals surface area contributed by atoms with Crippen molar-refractivity contribution >= 4 is 11.6 Å². The van der Waals surface area contributed by atoms with Gasteiger partial charge in [0, 0.05) is 6.54 Å². The molecule has 18 heavy (non-hydrogen) atoms. The van der Waals surface area contributed by atoms with E-state index in [2.05, 4.69) is 10.6 Å². The van der Waals surface area contributed by atoms with E-state index < -0.39 is 12.0 Å². The zero-order valence-corrected chi connectivity index (χ0v) is 10.9. The molecule has 0 spiro atoms. The van der Waals surface area contributed by atoms with Crippen LogP contribution < -0.4 is 10.6 Å². The number of anilines is 1. The summed E-state index contributed by atoms with van der Waals surface area (Å²) in [5.41, 5.74) is 1.06. The maximum Gasteiger partial charge on any atom is 0.229 e. The number of aliphatic hydroxyl groups excluding tert-OH is 1. The quantitative estimate of drug-likeness (QED) is 0.586. The number of phenolic OH excluding ortho intramolecular Hbond substituents is 1. The van der Waals surface area contributed by atoms with Gasteiger partial charge in [0.05, 0.1) is 17.7 Å². The van der Waals surface area contributed by atoms with Crippen LogP contribution in [-0.4, -0.2) is 35.8 Å². The average Bonchev–Trinajstić information content (AvgIpc) is 2.34. The molecular weight excluding hydrogens is 232 g/mol. The molecule has 1 aromatic carbocycles. The second-order valence-corrected chi connectivity index (χ2v) is 4.37. The lowest BCUT2D eigenvalue weighted by Crippen LogP contribution is -2.36. The largest absolute Gasteiger partial charge is 0.505 e. The van der Waals surface area contributed by atoms with Crippen molar-refractivity contribution < 1.29 is 15.0 Å². The van der Waals surface area contributed by atoms with E-state index in [9.17, 15) is 15.0 Å². The molecule has 2 atom stereocenters. The molecule has 0 radical (unpaired) electrons. The minimum atomic E-state index is -0.762. The molecule has 2 unspecified atom stereocenters. The van der Waals surface area contributed by atoms with Crippen molar-refractivity contribution in [3.8, 4) is 5.75 Å². The fraction of sp³-hybridized carbons (Fsp3) is 0.462. The molecule has 0 aliphatic heterocycles. The molecule has 4 N–H and O–H groups in total. The van der Waals surface area contributed by atoms with Gasteiger partial charge in [0.2, 0.25) is 5.91 Å². The number of rotatable bonds is 5. The Kier molecular flexibility index (Phi) is 5.12. The monoisotopic (exact) mass is 252 g/mol. The van der Waals surface area contributed by atoms with Crippen LogP contribution in [0.25, 0.3) is 0 Å². The van der Waals surface area contributed by atoms with Crippen molar-refractivity contribution in [2.24, 2.45) is 5.92 Å². The van der Waals surface area contributed by atoms with Crippen molar-refractivity contribution in [2.75, 3.05) is 18.9 Å². The highest BCUT2D eigenvalue weighted by Gasteiger charge is 2.22. The number of carbonyl (C=O) groups is 1. The van der Waals surface area contributed by atoms with Crippen LogP contribution in [0.15, 0.2) is 18.2 Å². The number of phenols is 1. The SMILES string of the molecule is CNCC(O)C(C)C(=O)Nc1cccc(C)c1O. The van der Waals surface area contributed by atoms with E-state index in [1.165, 1.54) is 0 Å². The minimum Gasteiger partial charge on any atom is -0.505 e. The van der Waals surface area contributed by atoms with Gasteiger partial charge in [-0.15, -0.1) is 0 Å². The summed E-state index contributed by atoms with van der Waals surface area (Å²) in [7, 11) is 1.71. The lowest BCUT2D eigenvalue weighted by atomic mass is 10.0. The first-order valence-corrected chi connectivity index (χ1v) is 5.89. The van der Waals surface area contributed by atoms with Crippen molar-refractivity contribution in [3.63, 3.8) is 0 Å². The average molecular weight is 252 g/mol. The first-order valence-electron chi connectivity index (χ1n) is 5.89. The zero-order chi connectivity index (χ0) is 13.7. The Balaban J connectivity index is 2.72. The van der Waals surface area contributed by atoms with E-state index in [4.69, 9.17) is 0 Å². The molecule has 0 saturated carbocycles. The van der Waals surface area contributed by atoms with E-state index in [0.29, 0.717) is 17.8 Å². The van der Waals surface area contributed by atoms with Gasteiger partial charge in [-0.25, -0.2) is 0 Å². The lowest BCUT2D eigenvalue weighted by molar-refractivity contribution is -0.122. The molecular formula is C13H20N2O3. The van der Waals surface area contributed by atoms with E-state index in [1.54, 1.807) is 39.1 Å². The number of aromatic hydroxyl groups is 1. The van der Waals surface area contributed by atoms with Crippen LogP contribution in [0.3, 0.4) is 0 Å². The number of likely N-dealkylation sites (N-methyl/N-ethyl adjacent to an activating group) is 1. The Morgan fingerprint density at radius 1 is 1.44 bits per heavy atom. The van der Waals surface area contributed by atoms with Crippen LogP contribution in [0.4, 0.5) is 5.69 Å². The standard InChI is InChI=1S/C13H20N2O3/c1-8-5-4-6-10(12(8)17)15-13(18)9(2)11(16)7-14-3/h4-6,9,11,14,16-17H,7H2,1-3H3,(H,15,18). The summed E-state index contributed by atoms with van der Waals surface area (Å²) in [5, 5.41) is 24.9. The molecule has 0 aromatic heterocycles. The number of hydrogen-bond acceptors (Lipinski definition) is 4. The fourth-order valence-corrected chi connectivity index (χ4v) is 1.57. The number of carbonyl (C=O) groups excluding carboxylic acids is 1. The third-order valence-corrected chi connectivity index (χ3v) is 2.90. The summed E-state index contributed by atoms with van der Waals surface area (Å²) < 4.78 is 0. The maximum atomic E-state index is 11.9. The number of amides is 1. The maximum absolute atomic E-state index is 11.9. The number of nitrogens with one attached hydrogen (secondary N) is 2. The van der Waals surface area contributed by atoms with Crippen molar-refractivity contribution in [2.45, 2.75) is 20.0 Å². The summed E-state index contributed by atoms with van der Waals surface area (Å²) in [6.45, 7) is 3.74. The van der Waals surface area contributed by atoms with Crippen LogP contribution in [0, 0.1) is 12.8 Å². The predicted molar refractivity (Wildman–Crippen MR) is 70.6 cm³/mol. The normalized spacial score (nSPS) is 14.0. The van der Waals surface area contributed by atoms with Crippen LogP contribution in [0.2, 0.25) is 0 Å². The fourth-order valence-electron chi connectivity index (χ4n) is 1.57. The van der Waals surface area contributed by atoms with Gasteiger partial charge in [0.15, 0.2) is 0 Å². The molecule has 5 nitrogen and oxygen atoms in total. The molecule has 0 aliphatic carbocycles. The van der Waals surface area contributed by atoms with Crippen molar-refractivity contribution in [3.05, 3.63) is 23.8 Å². The summed E-state index contributed by atoms with van der Waals surface area (Å²) in [6, 6.07) is 5.13. The molecule has 0 bridgehead atoms. The summed E-state index contributed by atoms with van der Waals surface area (Å²) in [6.07, 6.45) is -0.762. The van der Waals surface area contributed by atoms with Gasteiger partial charge >= 0.3 is 0 Å². The minimum absolute atomic E-state index is 0.0566. The molecule has 5 heteroatoms. The first kappa shape index (κ1) is 14.5. The smallest absolute Gasteiger partial charge is 0.229 e. The van der Waals surface area contributed by atoms with E-state index >= 15 is 0 Å². The van der Waals surface area contributed by atoms with Gasteiger partial charge in [-0.3, -0.25) is 4.79 Å². The summed E-state index contributed by atoms with van der Waals surface area (Å²) >= 11 is 0. The van der Waals surface area contributed by atoms with Crippen LogP contribution in [-0.2, 0) is 4.79 Å². The van der Waals surface area contributed by atoms with Crippen LogP contribution in [0.5, 0.6) is 5.75 Å². The number of hydrogen-bond donors (Lipinski definition) is 4. The van der Waals surface area contributed by atoms with E-state index in [1.807, 2.05) is 0 Å². The molecule has 1 aromatic rings. The number of aliphatic hydroxyl groups is 1. The highest BCUT2D eigenvalue weighted by molar-refractivity contribution is 5.94. The third kappa shape index (κ3) is 3.45. The topological polar surface area (TPSA) is 81.6 Å². The second kappa shape index (κ2) is 6.37. The third-order valence-electron chi connectivity index (χ3n) is 2.90. The van der Waals surface area contributed by atoms with Crippen LogP contribution in [0.1, 0.15) is 12.5 Å². The Bertz CT molecular complexity index is 421. The highest BCUT2D eigenvalue weighted by Crippen LogP contribution is 2.27. The Morgan fingerprint density at radius 3 is 2.72 bits per heavy atom. The van der Waals surface area contributed by atoms with Gasteiger partial charge in [-0.2, -0.15) is 0 Å². The summed E-state index contributed by atoms with van der Waals surface area (Å²) in [4.78, 5) is 11.9. The summed E-state index contributed by atoms with van der Waals surface area (Å²) in [5.74, 6) is -0.822. The van der Waals surface area contributed by atoms with Gasteiger partial charge in [-0.05, 0) is 25.6 Å². The number of benzene rings is 1. The van der Waals surface area contributed by atoms with E-state index in [-0.39, 0.29) is 11.7 Å². The number of aryl methyl sites for hydroxylation is 1. The van der Waals surface area contributed by atoms with E-state index in [0.717, 1.165) is 0 Å². The molecule has 0 heterocycles. The highest BCUT2D eigenvalue weighted by atomic mass is 16.3. The molecule has 0 saturated heterocycles. The zero-order valence-electron chi connectivity index (χ0n) is 10.9. The number of para-hydroxylation sites is 1. The van der Waals surface area contributed by atoms with Crippen molar-refractivity contribution in [1.29, 1.82) is 0 Å². The molecule has 100 valence electrons. The Morgan fingerprint density at radius 2 is 2.11 bits per heavy atom. The van der Waals surface area contributed by atoms with Gasteiger partial charge < -0.3 is 20.8 Å². The molecule has 0 fully saturated rings. The second-order valence-electron chi connectivity index (χ2n) is 4.37. The van der Waals surface area contributed by atoms with Gasteiger partial charge in [0.25, 0.3) is 0 Å². The Hall–Kier alpha value is -1.59. The van der Waals surface area contributed by atoms with Crippen LogP contribution >= 0.6 is 0 Å². The Labute approximate surface area is 107 Å². The predicted octanol–water partition coefficient (Wildman–Crippen LogP) is 0.856. The van der Waals surface area contributed by atoms with Gasteiger partial charge in [0.1, 0.15) is 5.75 Å². The molecule has 1 rings (SSSR count). The van der Waals surface area contributed by atoms with Crippen molar-refractivity contribution in [1.82, 2.24) is 5.32 Å². The lowest BCUT2D eigenvalue weighted by Gasteiger charge is -2.18.